The molecule has 1 saturated carbocycles. The number of aromatic nitrogens is 1. The van der Waals surface area contributed by atoms with Crippen LogP contribution in [0.15, 0.2) is 48.8 Å². The Morgan fingerprint density at radius 1 is 1.19 bits per heavy atom. The number of likely N-dealkylation sites (tertiary alicyclic amines) is 1. The molecule has 2 N–H and O–H groups in total. The number of hydrogen-bond acceptors (Lipinski definition) is 3. The first kappa shape index (κ1) is 17.7. The van der Waals surface area contributed by atoms with Crippen molar-refractivity contribution in [2.75, 3.05) is 13.1 Å². The van der Waals surface area contributed by atoms with Gasteiger partial charge in [-0.15, -0.1) is 0 Å². The summed E-state index contributed by atoms with van der Waals surface area (Å²) in [6.07, 6.45) is 7.66. The van der Waals surface area contributed by atoms with E-state index < -0.39 is 5.41 Å². The molecule has 0 radical (unpaired) electrons. The van der Waals surface area contributed by atoms with Gasteiger partial charge in [0.25, 0.3) is 0 Å². The van der Waals surface area contributed by atoms with Gasteiger partial charge in [-0.05, 0) is 54.9 Å². The van der Waals surface area contributed by atoms with Crippen LogP contribution in [-0.4, -0.2) is 34.8 Å². The van der Waals surface area contributed by atoms with Crippen molar-refractivity contribution in [3.05, 3.63) is 54.4 Å². The van der Waals surface area contributed by atoms with E-state index in [-0.39, 0.29) is 17.7 Å². The van der Waals surface area contributed by atoms with Crippen LogP contribution in [0.2, 0.25) is 0 Å². The molecule has 1 aromatic heterocycles. The third kappa shape index (κ3) is 3.72. The van der Waals surface area contributed by atoms with Crippen LogP contribution in [0.25, 0.3) is 11.1 Å². The van der Waals surface area contributed by atoms with E-state index in [0.29, 0.717) is 13.0 Å². The standard InChI is InChI=1S/C22H25N3O2/c23-21(27)22(9-3-11-25(15-22)20(26)17-7-8-17)13-16-4-1-5-18(12-16)19-6-2-10-24-14-19/h1-2,4-6,10,12,14,17H,3,7-9,11,13,15H2,(H2,23,27). The summed E-state index contributed by atoms with van der Waals surface area (Å²) >= 11 is 0. The SMILES string of the molecule is NC(=O)C1(Cc2cccc(-c3cccnc3)c2)CCCN(C(=O)C2CC2)C1. The number of nitrogens with zero attached hydrogens (tertiary/aromatic N) is 2. The highest BCUT2D eigenvalue weighted by Crippen LogP contribution is 2.38. The van der Waals surface area contributed by atoms with Crippen molar-refractivity contribution in [2.24, 2.45) is 17.1 Å². The largest absolute Gasteiger partial charge is 0.369 e. The molecule has 2 aromatic rings. The van der Waals surface area contributed by atoms with Gasteiger partial charge in [-0.1, -0.05) is 30.3 Å². The van der Waals surface area contributed by atoms with Crippen LogP contribution < -0.4 is 5.73 Å². The Hall–Kier alpha value is -2.69. The minimum atomic E-state index is -0.684. The summed E-state index contributed by atoms with van der Waals surface area (Å²) in [6.45, 7) is 1.18. The Kier molecular flexibility index (Phi) is 4.68. The molecule has 1 atom stereocenters. The molecule has 2 fully saturated rings. The lowest BCUT2D eigenvalue weighted by Gasteiger charge is -2.41. The zero-order chi connectivity index (χ0) is 18.9. The Bertz CT molecular complexity index is 848. The zero-order valence-electron chi connectivity index (χ0n) is 15.4. The molecule has 0 bridgehead atoms. The highest BCUT2D eigenvalue weighted by Gasteiger charge is 2.44. The van der Waals surface area contributed by atoms with Crippen LogP contribution in [0.5, 0.6) is 0 Å². The predicted octanol–water partition coefficient (Wildman–Crippen LogP) is 2.80. The maximum Gasteiger partial charge on any atom is 0.225 e. The zero-order valence-corrected chi connectivity index (χ0v) is 15.4. The van der Waals surface area contributed by atoms with E-state index in [1.54, 1.807) is 6.20 Å². The van der Waals surface area contributed by atoms with Crippen molar-refractivity contribution < 1.29 is 9.59 Å². The van der Waals surface area contributed by atoms with Crippen molar-refractivity contribution in [1.82, 2.24) is 9.88 Å². The van der Waals surface area contributed by atoms with Gasteiger partial charge >= 0.3 is 0 Å². The lowest BCUT2D eigenvalue weighted by atomic mass is 9.74. The van der Waals surface area contributed by atoms with Crippen LogP contribution in [0, 0.1) is 11.3 Å². The second-order valence-electron chi connectivity index (χ2n) is 7.90. The van der Waals surface area contributed by atoms with Crippen molar-refractivity contribution in [3.8, 4) is 11.1 Å². The van der Waals surface area contributed by atoms with E-state index in [9.17, 15) is 9.59 Å². The third-order valence-electron chi connectivity index (χ3n) is 5.80. The number of benzene rings is 1. The molecule has 1 saturated heterocycles. The van der Waals surface area contributed by atoms with Crippen molar-refractivity contribution in [1.29, 1.82) is 0 Å². The molecule has 1 unspecified atom stereocenters. The van der Waals surface area contributed by atoms with Crippen LogP contribution in [0.1, 0.15) is 31.2 Å². The molecule has 2 aliphatic rings. The maximum atomic E-state index is 12.5. The van der Waals surface area contributed by atoms with Crippen LogP contribution in [-0.2, 0) is 16.0 Å². The monoisotopic (exact) mass is 363 g/mol. The first-order chi connectivity index (χ1) is 13.1. The molecule has 27 heavy (non-hydrogen) atoms. The summed E-state index contributed by atoms with van der Waals surface area (Å²) in [5.41, 5.74) is 8.36. The van der Waals surface area contributed by atoms with E-state index >= 15 is 0 Å². The smallest absolute Gasteiger partial charge is 0.225 e. The van der Waals surface area contributed by atoms with Gasteiger partial charge in [0.05, 0.1) is 5.41 Å². The second kappa shape index (κ2) is 7.14. The number of carbonyl (C=O) groups is 2. The fraction of sp³-hybridized carbons (Fsp3) is 0.409. The molecule has 140 valence electrons. The summed E-state index contributed by atoms with van der Waals surface area (Å²) in [4.78, 5) is 31.0. The van der Waals surface area contributed by atoms with Gasteiger partial charge in [-0.3, -0.25) is 14.6 Å². The maximum absolute atomic E-state index is 12.5. The average molecular weight is 363 g/mol. The van der Waals surface area contributed by atoms with Gasteiger partial charge < -0.3 is 10.6 Å². The van der Waals surface area contributed by atoms with Crippen molar-refractivity contribution >= 4 is 11.8 Å². The number of rotatable bonds is 5. The molecule has 0 spiro atoms. The number of hydrogen-bond donors (Lipinski definition) is 1. The Morgan fingerprint density at radius 2 is 2.00 bits per heavy atom. The highest BCUT2D eigenvalue weighted by atomic mass is 16.2. The Balaban J connectivity index is 1.58. The molecular weight excluding hydrogens is 338 g/mol. The molecule has 1 aliphatic carbocycles. The molecule has 1 aliphatic heterocycles. The van der Waals surface area contributed by atoms with Crippen molar-refractivity contribution in [3.63, 3.8) is 0 Å². The van der Waals surface area contributed by atoms with Gasteiger partial charge in [0, 0.05) is 31.4 Å². The van der Waals surface area contributed by atoms with Gasteiger partial charge in [0.15, 0.2) is 0 Å². The summed E-state index contributed by atoms with van der Waals surface area (Å²) in [5.74, 6) is 0.0644. The molecular formula is C22H25N3O2. The van der Waals surface area contributed by atoms with Crippen LogP contribution in [0.4, 0.5) is 0 Å². The Labute approximate surface area is 159 Å². The quantitative estimate of drug-likeness (QED) is 0.887. The van der Waals surface area contributed by atoms with Crippen molar-refractivity contribution in [2.45, 2.75) is 32.1 Å². The van der Waals surface area contributed by atoms with E-state index in [2.05, 4.69) is 11.1 Å². The molecule has 2 heterocycles. The predicted molar refractivity (Wildman–Crippen MR) is 104 cm³/mol. The lowest BCUT2D eigenvalue weighted by Crippen LogP contribution is -2.53. The number of pyridine rings is 1. The number of primary amides is 1. The van der Waals surface area contributed by atoms with Gasteiger partial charge in [-0.25, -0.2) is 0 Å². The number of nitrogens with two attached hydrogens (primary N) is 1. The number of carbonyl (C=O) groups excluding carboxylic acids is 2. The number of piperidine rings is 1. The van der Waals surface area contributed by atoms with Gasteiger partial charge in [0.2, 0.25) is 11.8 Å². The fourth-order valence-corrected chi connectivity index (χ4v) is 4.13. The van der Waals surface area contributed by atoms with E-state index in [1.165, 1.54) is 0 Å². The summed E-state index contributed by atoms with van der Waals surface area (Å²) < 4.78 is 0. The number of amides is 2. The van der Waals surface area contributed by atoms with E-state index in [4.69, 9.17) is 5.73 Å². The van der Waals surface area contributed by atoms with E-state index in [1.807, 2.05) is 41.4 Å². The molecule has 1 aromatic carbocycles. The summed E-state index contributed by atoms with van der Waals surface area (Å²) in [5, 5.41) is 0. The first-order valence-corrected chi connectivity index (χ1v) is 9.65. The van der Waals surface area contributed by atoms with Crippen LogP contribution in [0.3, 0.4) is 0 Å². The lowest BCUT2D eigenvalue weighted by molar-refractivity contribution is -0.140. The summed E-state index contributed by atoms with van der Waals surface area (Å²) in [6, 6.07) is 12.1. The minimum Gasteiger partial charge on any atom is -0.369 e. The summed E-state index contributed by atoms with van der Waals surface area (Å²) in [7, 11) is 0. The molecule has 5 heteroatoms. The second-order valence-corrected chi connectivity index (χ2v) is 7.90. The average Bonchev–Trinajstić information content (AvgIpc) is 3.54. The van der Waals surface area contributed by atoms with Crippen LogP contribution >= 0.6 is 0 Å². The highest BCUT2D eigenvalue weighted by molar-refractivity contribution is 5.85. The van der Waals surface area contributed by atoms with Gasteiger partial charge in [-0.2, -0.15) is 0 Å². The topological polar surface area (TPSA) is 76.3 Å². The molecule has 5 nitrogen and oxygen atoms in total. The normalized spacial score (nSPS) is 22.4. The van der Waals surface area contributed by atoms with Gasteiger partial charge in [0.1, 0.15) is 0 Å². The minimum absolute atomic E-state index is 0.169. The fourth-order valence-electron chi connectivity index (χ4n) is 4.13. The Morgan fingerprint density at radius 3 is 2.70 bits per heavy atom. The molecule has 2 amide bonds. The molecule has 4 rings (SSSR count). The third-order valence-corrected chi connectivity index (χ3v) is 5.80. The van der Waals surface area contributed by atoms with E-state index in [0.717, 1.165) is 48.9 Å². The first-order valence-electron chi connectivity index (χ1n) is 9.65.